The van der Waals surface area contributed by atoms with E-state index in [2.05, 4.69) is 185 Å². The summed E-state index contributed by atoms with van der Waals surface area (Å²) in [4.78, 5) is 15.2. The number of para-hydroxylation sites is 2. The standard InChI is InChI=1S/C57H35N5S/c1-5-16-36(17-6-1)39-28-31-49-45(34-39)42-24-13-14-26-47(42)62(49)50-27-15-25-44-52-51(63-54(44)50)33-30-43-46-35-40(29-32-48(46)61(53(43)52)41-22-11-4-12-23-41)57-59-55(37-18-7-2-8-19-37)58-56(60-57)38-20-9-3-10-21-38/h1-35H. The maximum atomic E-state index is 5.10. The van der Waals surface area contributed by atoms with Crippen LogP contribution in [0.4, 0.5) is 0 Å². The number of thiophene rings is 1. The summed E-state index contributed by atoms with van der Waals surface area (Å²) in [5.41, 5.74) is 12.3. The van der Waals surface area contributed by atoms with Gasteiger partial charge in [-0.15, -0.1) is 11.3 Å². The van der Waals surface area contributed by atoms with Gasteiger partial charge in [0.2, 0.25) is 0 Å². The third-order valence-electron chi connectivity index (χ3n) is 12.4. The first kappa shape index (κ1) is 35.6. The van der Waals surface area contributed by atoms with Gasteiger partial charge >= 0.3 is 0 Å². The lowest BCUT2D eigenvalue weighted by molar-refractivity contribution is 1.07. The van der Waals surface area contributed by atoms with Crippen molar-refractivity contribution in [1.82, 2.24) is 24.1 Å². The normalized spacial score (nSPS) is 11.8. The summed E-state index contributed by atoms with van der Waals surface area (Å²) >= 11 is 1.87. The fourth-order valence-corrected chi connectivity index (χ4v) is 10.7. The van der Waals surface area contributed by atoms with E-state index in [-0.39, 0.29) is 0 Å². The van der Waals surface area contributed by atoms with Crippen LogP contribution in [-0.4, -0.2) is 24.1 Å². The smallest absolute Gasteiger partial charge is 0.164 e. The quantitative estimate of drug-likeness (QED) is 0.168. The van der Waals surface area contributed by atoms with E-state index in [0.29, 0.717) is 17.5 Å². The van der Waals surface area contributed by atoms with E-state index in [0.717, 1.165) is 33.3 Å². The molecule has 4 heterocycles. The molecule has 0 atom stereocenters. The van der Waals surface area contributed by atoms with Crippen LogP contribution in [0.3, 0.4) is 0 Å². The van der Waals surface area contributed by atoms with Crippen LogP contribution in [0.2, 0.25) is 0 Å². The third-order valence-corrected chi connectivity index (χ3v) is 13.6. The number of fused-ring (bicyclic) bond motifs is 10. The van der Waals surface area contributed by atoms with Crippen LogP contribution >= 0.6 is 11.3 Å². The second kappa shape index (κ2) is 14.2. The number of aromatic nitrogens is 5. The van der Waals surface area contributed by atoms with Gasteiger partial charge in [0.05, 0.1) is 32.5 Å². The zero-order valence-electron chi connectivity index (χ0n) is 33.9. The monoisotopic (exact) mass is 821 g/mol. The Morgan fingerprint density at radius 1 is 0.333 bits per heavy atom. The molecule has 0 aliphatic rings. The number of nitrogens with zero attached hydrogens (tertiary/aromatic N) is 5. The van der Waals surface area contributed by atoms with Crippen molar-refractivity contribution in [2.45, 2.75) is 0 Å². The van der Waals surface area contributed by atoms with Crippen molar-refractivity contribution >= 4 is 75.1 Å². The molecule has 0 aliphatic carbocycles. The van der Waals surface area contributed by atoms with Crippen LogP contribution in [0.25, 0.3) is 120 Å². The first-order chi connectivity index (χ1) is 31.2. The second-order valence-corrected chi connectivity index (χ2v) is 17.0. The van der Waals surface area contributed by atoms with Gasteiger partial charge in [0, 0.05) is 59.4 Å². The maximum Gasteiger partial charge on any atom is 0.164 e. The molecule has 0 amide bonds. The number of hydrogen-bond acceptors (Lipinski definition) is 4. The van der Waals surface area contributed by atoms with Crippen molar-refractivity contribution in [3.8, 4) is 56.7 Å². The largest absolute Gasteiger partial charge is 0.309 e. The molecule has 5 nitrogen and oxygen atoms in total. The average Bonchev–Trinajstić information content (AvgIpc) is 4.02. The lowest BCUT2D eigenvalue weighted by Crippen LogP contribution is -2.00. The topological polar surface area (TPSA) is 48.5 Å². The van der Waals surface area contributed by atoms with Gasteiger partial charge in [-0.25, -0.2) is 15.0 Å². The molecule has 13 rings (SSSR count). The molecule has 0 radical (unpaired) electrons. The number of rotatable bonds is 6. The minimum atomic E-state index is 0.638. The highest BCUT2D eigenvalue weighted by atomic mass is 32.1. The third kappa shape index (κ3) is 5.66. The molecule has 0 bridgehead atoms. The first-order valence-corrected chi connectivity index (χ1v) is 22.0. The SMILES string of the molecule is c1ccc(-c2ccc3c(c2)c2ccccc2n3-c2cccc3c2sc2ccc4c5cc(-c6nc(-c7ccccc7)nc(-c7ccccc7)n6)ccc5n(-c5ccccc5)c4c23)cc1. The van der Waals surface area contributed by atoms with E-state index < -0.39 is 0 Å². The summed E-state index contributed by atoms with van der Waals surface area (Å²) in [7, 11) is 0. The van der Waals surface area contributed by atoms with E-state index in [4.69, 9.17) is 15.0 Å². The summed E-state index contributed by atoms with van der Waals surface area (Å²) in [6.07, 6.45) is 0. The molecule has 6 heteroatoms. The summed E-state index contributed by atoms with van der Waals surface area (Å²) in [6.45, 7) is 0. The Hall–Kier alpha value is -8.19. The summed E-state index contributed by atoms with van der Waals surface area (Å²) < 4.78 is 7.41. The zero-order chi connectivity index (χ0) is 41.4. The molecule has 0 unspecified atom stereocenters. The van der Waals surface area contributed by atoms with Gasteiger partial charge < -0.3 is 9.13 Å². The average molecular weight is 822 g/mol. The van der Waals surface area contributed by atoms with Gasteiger partial charge in [0.1, 0.15) is 0 Å². The Morgan fingerprint density at radius 2 is 0.857 bits per heavy atom. The summed E-state index contributed by atoms with van der Waals surface area (Å²) in [5.74, 6) is 1.93. The van der Waals surface area contributed by atoms with E-state index in [1.165, 1.54) is 69.7 Å². The minimum absolute atomic E-state index is 0.638. The summed E-state index contributed by atoms with van der Waals surface area (Å²) in [5, 5.41) is 7.30. The Morgan fingerprint density at radius 3 is 1.56 bits per heavy atom. The number of hydrogen-bond donors (Lipinski definition) is 0. The van der Waals surface area contributed by atoms with Crippen LogP contribution in [0, 0.1) is 0 Å². The Labute approximate surface area is 366 Å². The van der Waals surface area contributed by atoms with Crippen molar-refractivity contribution in [3.05, 3.63) is 212 Å². The highest BCUT2D eigenvalue weighted by molar-refractivity contribution is 7.26. The van der Waals surface area contributed by atoms with E-state index >= 15 is 0 Å². The van der Waals surface area contributed by atoms with Gasteiger partial charge in [-0.2, -0.15) is 0 Å². The van der Waals surface area contributed by atoms with E-state index in [1.54, 1.807) is 0 Å². The number of benzene rings is 9. The molecular weight excluding hydrogens is 787 g/mol. The van der Waals surface area contributed by atoms with Crippen LogP contribution in [0.1, 0.15) is 0 Å². The van der Waals surface area contributed by atoms with Crippen molar-refractivity contribution in [3.63, 3.8) is 0 Å². The second-order valence-electron chi connectivity index (χ2n) is 16.0. The predicted octanol–water partition coefficient (Wildman–Crippen LogP) is 15.1. The lowest BCUT2D eigenvalue weighted by atomic mass is 10.0. The van der Waals surface area contributed by atoms with E-state index in [9.17, 15) is 0 Å². The van der Waals surface area contributed by atoms with Crippen LogP contribution in [-0.2, 0) is 0 Å². The first-order valence-electron chi connectivity index (χ1n) is 21.2. The molecule has 63 heavy (non-hydrogen) atoms. The molecule has 0 N–H and O–H groups in total. The maximum absolute atomic E-state index is 5.10. The van der Waals surface area contributed by atoms with Gasteiger partial charge in [-0.3, -0.25) is 0 Å². The zero-order valence-corrected chi connectivity index (χ0v) is 34.7. The molecule has 294 valence electrons. The van der Waals surface area contributed by atoms with E-state index in [1.807, 2.05) is 47.7 Å². The fourth-order valence-electron chi connectivity index (χ4n) is 9.51. The predicted molar refractivity (Wildman–Crippen MR) is 263 cm³/mol. The van der Waals surface area contributed by atoms with Crippen molar-refractivity contribution in [2.24, 2.45) is 0 Å². The molecule has 0 saturated heterocycles. The van der Waals surface area contributed by atoms with Crippen LogP contribution < -0.4 is 0 Å². The lowest BCUT2D eigenvalue weighted by Gasteiger charge is -2.11. The molecule has 13 aromatic rings. The molecular formula is C57H35N5S. The molecule has 0 saturated carbocycles. The summed E-state index contributed by atoms with van der Waals surface area (Å²) in [6, 6.07) is 75.5. The van der Waals surface area contributed by atoms with Crippen LogP contribution in [0.15, 0.2) is 212 Å². The molecule has 4 aromatic heterocycles. The van der Waals surface area contributed by atoms with Gasteiger partial charge in [0.25, 0.3) is 0 Å². The highest BCUT2D eigenvalue weighted by Crippen LogP contribution is 2.46. The Balaban J connectivity index is 1.06. The van der Waals surface area contributed by atoms with Gasteiger partial charge in [-0.1, -0.05) is 152 Å². The molecule has 0 aliphatic heterocycles. The molecule has 0 spiro atoms. The van der Waals surface area contributed by atoms with Gasteiger partial charge in [0.15, 0.2) is 17.5 Å². The van der Waals surface area contributed by atoms with Crippen molar-refractivity contribution < 1.29 is 0 Å². The Kier molecular flexibility index (Phi) is 8.01. The highest BCUT2D eigenvalue weighted by Gasteiger charge is 2.22. The minimum Gasteiger partial charge on any atom is -0.309 e. The van der Waals surface area contributed by atoms with Crippen molar-refractivity contribution in [1.29, 1.82) is 0 Å². The molecule has 0 fully saturated rings. The fraction of sp³-hybridized carbons (Fsp3) is 0. The van der Waals surface area contributed by atoms with Crippen molar-refractivity contribution in [2.75, 3.05) is 0 Å². The Bertz CT molecular complexity index is 3830. The van der Waals surface area contributed by atoms with Crippen LogP contribution in [0.5, 0.6) is 0 Å². The van der Waals surface area contributed by atoms with Gasteiger partial charge in [-0.05, 0) is 71.8 Å². The molecule has 9 aromatic carbocycles.